The van der Waals surface area contributed by atoms with Crippen molar-refractivity contribution in [3.05, 3.63) is 0 Å². The molecular formula is C16H32N2O. The summed E-state index contributed by atoms with van der Waals surface area (Å²) in [4.78, 5) is 2.69. The van der Waals surface area contributed by atoms with Crippen LogP contribution in [0.1, 0.15) is 59.3 Å². The average Bonchev–Trinajstić information content (AvgIpc) is 2.87. The Morgan fingerprint density at radius 3 is 2.74 bits per heavy atom. The molecule has 0 spiro atoms. The molecule has 3 heteroatoms. The Bertz CT molecular complexity index is 282. The van der Waals surface area contributed by atoms with Crippen LogP contribution in [-0.4, -0.2) is 47.3 Å². The van der Waals surface area contributed by atoms with Crippen LogP contribution in [0, 0.1) is 5.92 Å². The molecule has 3 atom stereocenters. The predicted octanol–water partition coefficient (Wildman–Crippen LogP) is 2.39. The maximum absolute atomic E-state index is 9.87. The third-order valence-electron chi connectivity index (χ3n) is 5.13. The van der Waals surface area contributed by atoms with E-state index >= 15 is 0 Å². The summed E-state index contributed by atoms with van der Waals surface area (Å²) in [6.45, 7) is 9.52. The molecule has 0 aromatic rings. The minimum atomic E-state index is -0.0264. The summed E-state index contributed by atoms with van der Waals surface area (Å²) >= 11 is 0. The van der Waals surface area contributed by atoms with Gasteiger partial charge in [-0.25, -0.2) is 0 Å². The third-order valence-corrected chi connectivity index (χ3v) is 5.13. The van der Waals surface area contributed by atoms with Crippen LogP contribution < -0.4 is 5.32 Å². The van der Waals surface area contributed by atoms with Gasteiger partial charge in [0.2, 0.25) is 0 Å². The van der Waals surface area contributed by atoms with Gasteiger partial charge in [0, 0.05) is 24.2 Å². The van der Waals surface area contributed by atoms with Crippen molar-refractivity contribution in [2.24, 2.45) is 5.92 Å². The standard InChI is InChI=1S/C16H32N2O/c1-4-14-7-9-18(11-14)15-6-5-8-16(10-15,12-19)17-13(2)3/h13-15,17,19H,4-12H2,1-3H3. The monoisotopic (exact) mass is 268 g/mol. The first-order valence-corrected chi connectivity index (χ1v) is 8.21. The highest BCUT2D eigenvalue weighted by Crippen LogP contribution is 2.34. The lowest BCUT2D eigenvalue weighted by Crippen LogP contribution is -2.57. The zero-order valence-corrected chi connectivity index (χ0v) is 13.0. The normalized spacial score (nSPS) is 37.1. The van der Waals surface area contributed by atoms with Gasteiger partial charge in [-0.1, -0.05) is 27.2 Å². The summed E-state index contributed by atoms with van der Waals surface area (Å²) in [7, 11) is 0. The highest BCUT2D eigenvalue weighted by Gasteiger charge is 2.39. The summed E-state index contributed by atoms with van der Waals surface area (Å²) in [5, 5.41) is 13.5. The van der Waals surface area contributed by atoms with Crippen molar-refractivity contribution >= 4 is 0 Å². The van der Waals surface area contributed by atoms with Gasteiger partial charge in [-0.05, 0) is 44.6 Å². The molecule has 112 valence electrons. The van der Waals surface area contributed by atoms with Crippen LogP contribution in [0.2, 0.25) is 0 Å². The Hall–Kier alpha value is -0.120. The first-order valence-electron chi connectivity index (χ1n) is 8.21. The number of hydrogen-bond acceptors (Lipinski definition) is 3. The first-order chi connectivity index (χ1) is 9.08. The largest absolute Gasteiger partial charge is 0.394 e. The fraction of sp³-hybridized carbons (Fsp3) is 1.00. The number of likely N-dealkylation sites (tertiary alicyclic amines) is 1. The van der Waals surface area contributed by atoms with Crippen LogP contribution >= 0.6 is 0 Å². The minimum Gasteiger partial charge on any atom is -0.394 e. The Balaban J connectivity index is 1.96. The first kappa shape index (κ1) is 15.3. The van der Waals surface area contributed by atoms with E-state index in [1.54, 1.807) is 0 Å². The molecule has 1 aliphatic heterocycles. The highest BCUT2D eigenvalue weighted by atomic mass is 16.3. The van der Waals surface area contributed by atoms with Gasteiger partial charge in [0.25, 0.3) is 0 Å². The second-order valence-corrected chi connectivity index (χ2v) is 7.05. The van der Waals surface area contributed by atoms with Crippen molar-refractivity contribution in [3.63, 3.8) is 0 Å². The molecule has 1 heterocycles. The fourth-order valence-corrected chi connectivity index (χ4v) is 4.10. The third kappa shape index (κ3) is 3.71. The summed E-state index contributed by atoms with van der Waals surface area (Å²) in [5.41, 5.74) is -0.0264. The number of hydrogen-bond donors (Lipinski definition) is 2. The molecule has 19 heavy (non-hydrogen) atoms. The van der Waals surface area contributed by atoms with Crippen LogP contribution in [-0.2, 0) is 0 Å². The lowest BCUT2D eigenvalue weighted by atomic mass is 9.78. The molecule has 0 aromatic carbocycles. The van der Waals surface area contributed by atoms with Crippen LogP contribution in [0.4, 0.5) is 0 Å². The topological polar surface area (TPSA) is 35.5 Å². The van der Waals surface area contributed by atoms with E-state index in [4.69, 9.17) is 0 Å². The van der Waals surface area contributed by atoms with E-state index in [0.29, 0.717) is 12.1 Å². The molecule has 1 aliphatic carbocycles. The van der Waals surface area contributed by atoms with Crippen LogP contribution in [0.25, 0.3) is 0 Å². The van der Waals surface area contributed by atoms with E-state index in [-0.39, 0.29) is 12.1 Å². The van der Waals surface area contributed by atoms with Crippen molar-refractivity contribution < 1.29 is 5.11 Å². The van der Waals surface area contributed by atoms with E-state index in [9.17, 15) is 5.11 Å². The molecular weight excluding hydrogens is 236 g/mol. The molecule has 3 unspecified atom stereocenters. The zero-order valence-electron chi connectivity index (χ0n) is 13.0. The van der Waals surface area contributed by atoms with E-state index in [1.807, 2.05) is 0 Å². The number of nitrogens with one attached hydrogen (secondary N) is 1. The molecule has 2 rings (SSSR count). The van der Waals surface area contributed by atoms with Crippen molar-refractivity contribution in [3.8, 4) is 0 Å². The summed E-state index contributed by atoms with van der Waals surface area (Å²) < 4.78 is 0. The number of aliphatic hydroxyl groups excluding tert-OH is 1. The van der Waals surface area contributed by atoms with Crippen molar-refractivity contribution in [1.29, 1.82) is 0 Å². The smallest absolute Gasteiger partial charge is 0.0613 e. The maximum atomic E-state index is 9.87. The van der Waals surface area contributed by atoms with Crippen LogP contribution in [0.15, 0.2) is 0 Å². The Morgan fingerprint density at radius 1 is 1.37 bits per heavy atom. The van der Waals surface area contributed by atoms with E-state index in [1.165, 1.54) is 38.8 Å². The summed E-state index contributed by atoms with van der Waals surface area (Å²) in [6.07, 6.45) is 7.51. The molecule has 1 saturated carbocycles. The van der Waals surface area contributed by atoms with Crippen LogP contribution in [0.5, 0.6) is 0 Å². The summed E-state index contributed by atoms with van der Waals surface area (Å²) in [6, 6.07) is 1.14. The number of nitrogens with zero attached hydrogens (tertiary/aromatic N) is 1. The molecule has 3 nitrogen and oxygen atoms in total. The van der Waals surface area contributed by atoms with Crippen molar-refractivity contribution in [2.75, 3.05) is 19.7 Å². The molecule has 2 fully saturated rings. The Labute approximate surface area is 118 Å². The van der Waals surface area contributed by atoms with Gasteiger partial charge in [-0.15, -0.1) is 0 Å². The second-order valence-electron chi connectivity index (χ2n) is 7.05. The lowest BCUT2D eigenvalue weighted by molar-refractivity contribution is 0.0618. The van der Waals surface area contributed by atoms with Gasteiger partial charge in [-0.2, -0.15) is 0 Å². The SMILES string of the molecule is CCC1CCN(C2CCCC(CO)(NC(C)C)C2)C1. The number of aliphatic hydroxyl groups is 1. The van der Waals surface area contributed by atoms with Gasteiger partial charge in [0.05, 0.1) is 6.61 Å². The highest BCUT2D eigenvalue weighted by molar-refractivity contribution is 4.98. The van der Waals surface area contributed by atoms with Gasteiger partial charge in [0.1, 0.15) is 0 Å². The Kier molecular flexibility index (Phi) is 5.27. The number of rotatable bonds is 5. The second kappa shape index (κ2) is 6.55. The molecule has 2 aliphatic rings. The van der Waals surface area contributed by atoms with E-state index in [2.05, 4.69) is 31.0 Å². The predicted molar refractivity (Wildman–Crippen MR) is 80.3 cm³/mol. The zero-order chi connectivity index (χ0) is 13.9. The fourth-order valence-electron chi connectivity index (χ4n) is 4.10. The molecule has 0 aromatic heterocycles. The van der Waals surface area contributed by atoms with E-state index in [0.717, 1.165) is 18.8 Å². The van der Waals surface area contributed by atoms with Gasteiger partial charge >= 0.3 is 0 Å². The molecule has 0 bridgehead atoms. The van der Waals surface area contributed by atoms with Gasteiger partial charge < -0.3 is 15.3 Å². The van der Waals surface area contributed by atoms with Crippen molar-refractivity contribution in [1.82, 2.24) is 10.2 Å². The lowest BCUT2D eigenvalue weighted by Gasteiger charge is -2.44. The van der Waals surface area contributed by atoms with Crippen molar-refractivity contribution in [2.45, 2.75) is 76.9 Å². The molecule has 0 amide bonds. The quantitative estimate of drug-likeness (QED) is 0.803. The minimum absolute atomic E-state index is 0.0264. The molecule has 1 saturated heterocycles. The molecule has 2 N–H and O–H groups in total. The molecule has 0 radical (unpaired) electrons. The van der Waals surface area contributed by atoms with Gasteiger partial charge in [0.15, 0.2) is 0 Å². The maximum Gasteiger partial charge on any atom is 0.0613 e. The van der Waals surface area contributed by atoms with Gasteiger partial charge in [-0.3, -0.25) is 0 Å². The van der Waals surface area contributed by atoms with Crippen LogP contribution in [0.3, 0.4) is 0 Å². The Morgan fingerprint density at radius 2 is 2.16 bits per heavy atom. The average molecular weight is 268 g/mol. The van der Waals surface area contributed by atoms with E-state index < -0.39 is 0 Å². The summed E-state index contributed by atoms with van der Waals surface area (Å²) in [5.74, 6) is 0.906.